The largest absolute Gasteiger partial charge is 0.340 e. The summed E-state index contributed by atoms with van der Waals surface area (Å²) < 4.78 is 0. The molecule has 1 saturated carbocycles. The quantitative estimate of drug-likeness (QED) is 0.741. The molecule has 5 nitrogen and oxygen atoms in total. The van der Waals surface area contributed by atoms with Gasteiger partial charge in [0.15, 0.2) is 5.82 Å². The summed E-state index contributed by atoms with van der Waals surface area (Å²) in [6.07, 6.45) is 6.29. The molecule has 1 atom stereocenters. The molecule has 0 unspecified atom stereocenters. The highest BCUT2D eigenvalue weighted by Gasteiger charge is 2.39. The molecule has 6 heteroatoms. The summed E-state index contributed by atoms with van der Waals surface area (Å²) in [6.45, 7) is 1.94. The zero-order valence-corrected chi connectivity index (χ0v) is 11.9. The van der Waals surface area contributed by atoms with Gasteiger partial charge in [0.1, 0.15) is 11.7 Å². The third-order valence-corrected chi connectivity index (χ3v) is 4.33. The number of likely N-dealkylation sites (N-methyl/N-ethyl adjacent to an activating group) is 1. The zero-order chi connectivity index (χ0) is 13.6. The number of nitrogens with zero attached hydrogens (tertiary/aromatic N) is 4. The first kappa shape index (κ1) is 12.7. The van der Waals surface area contributed by atoms with Crippen molar-refractivity contribution in [3.8, 4) is 0 Å². The van der Waals surface area contributed by atoms with E-state index in [1.165, 1.54) is 12.8 Å². The van der Waals surface area contributed by atoms with Crippen LogP contribution >= 0.6 is 11.6 Å². The van der Waals surface area contributed by atoms with Crippen molar-refractivity contribution < 1.29 is 4.79 Å². The Kier molecular flexibility index (Phi) is 3.09. The summed E-state index contributed by atoms with van der Waals surface area (Å²) in [4.78, 5) is 24.5. The van der Waals surface area contributed by atoms with E-state index in [-0.39, 0.29) is 17.2 Å². The van der Waals surface area contributed by atoms with Gasteiger partial charge in [-0.2, -0.15) is 4.98 Å². The van der Waals surface area contributed by atoms with Crippen molar-refractivity contribution in [3.05, 3.63) is 11.5 Å². The van der Waals surface area contributed by atoms with E-state index in [0.29, 0.717) is 6.04 Å². The van der Waals surface area contributed by atoms with Crippen LogP contribution in [0, 0.1) is 0 Å². The molecule has 1 fully saturated rings. The minimum absolute atomic E-state index is 0.0883. The van der Waals surface area contributed by atoms with E-state index in [2.05, 4.69) is 14.9 Å². The molecule has 0 radical (unpaired) electrons. The highest BCUT2D eigenvalue weighted by Crippen LogP contribution is 2.38. The summed E-state index contributed by atoms with van der Waals surface area (Å²) in [5, 5.41) is 0.233. The van der Waals surface area contributed by atoms with Crippen LogP contribution in [0.25, 0.3) is 0 Å². The van der Waals surface area contributed by atoms with Gasteiger partial charge in [-0.15, -0.1) is 0 Å². The Labute approximate surface area is 117 Å². The molecule has 1 aliphatic carbocycles. The maximum atomic E-state index is 12.3. The predicted octanol–water partition coefficient (Wildman–Crippen LogP) is 2.24. The van der Waals surface area contributed by atoms with Gasteiger partial charge in [-0.05, 0) is 31.4 Å². The Morgan fingerprint density at radius 1 is 1.37 bits per heavy atom. The van der Waals surface area contributed by atoms with Gasteiger partial charge in [0, 0.05) is 13.1 Å². The Hall–Kier alpha value is -1.36. The van der Waals surface area contributed by atoms with Gasteiger partial charge in [-0.1, -0.05) is 12.8 Å². The fraction of sp³-hybridized carbons (Fsp3) is 0.615. The molecule has 1 aromatic heterocycles. The number of rotatable bonds is 1. The van der Waals surface area contributed by atoms with Gasteiger partial charge in [-0.3, -0.25) is 4.79 Å². The van der Waals surface area contributed by atoms with Crippen LogP contribution in [-0.4, -0.2) is 35.0 Å². The fourth-order valence-electron chi connectivity index (χ4n) is 3.15. The lowest BCUT2D eigenvalue weighted by Gasteiger charge is -2.42. The van der Waals surface area contributed by atoms with Crippen LogP contribution in [0.4, 0.5) is 11.5 Å². The molecule has 0 N–H and O–H groups in total. The Morgan fingerprint density at radius 3 is 2.74 bits per heavy atom. The van der Waals surface area contributed by atoms with Gasteiger partial charge in [0.2, 0.25) is 11.2 Å². The summed E-state index contributed by atoms with van der Waals surface area (Å²) in [5.41, 5.74) is 0.749. The van der Waals surface area contributed by atoms with Gasteiger partial charge in [0.25, 0.3) is 0 Å². The Bertz CT molecular complexity index is 515. The summed E-state index contributed by atoms with van der Waals surface area (Å²) in [7, 11) is 1.76. The molecule has 0 saturated heterocycles. The Morgan fingerprint density at radius 2 is 2.05 bits per heavy atom. The second-order valence-corrected chi connectivity index (χ2v) is 5.60. The van der Waals surface area contributed by atoms with Crippen LogP contribution in [0.2, 0.25) is 5.28 Å². The molecular formula is C13H17ClN4O. The van der Waals surface area contributed by atoms with Gasteiger partial charge in [0.05, 0.1) is 6.20 Å². The number of hydrogen-bond donors (Lipinski definition) is 0. The number of hydrogen-bond acceptors (Lipinski definition) is 4. The van der Waals surface area contributed by atoms with E-state index in [4.69, 9.17) is 11.6 Å². The molecule has 102 valence electrons. The molecule has 1 aromatic rings. The molecule has 2 heterocycles. The highest BCUT2D eigenvalue weighted by molar-refractivity contribution is 6.28. The minimum atomic E-state index is -0.188. The van der Waals surface area contributed by atoms with Gasteiger partial charge >= 0.3 is 0 Å². The molecule has 1 amide bonds. The van der Waals surface area contributed by atoms with Crippen LogP contribution in [-0.2, 0) is 4.79 Å². The number of carbonyl (C=O) groups is 1. The van der Waals surface area contributed by atoms with Crippen LogP contribution in [0.15, 0.2) is 6.20 Å². The molecule has 0 bridgehead atoms. The lowest BCUT2D eigenvalue weighted by atomic mass is 10.1. The lowest BCUT2D eigenvalue weighted by Crippen LogP contribution is -2.54. The number of amides is 1. The summed E-state index contributed by atoms with van der Waals surface area (Å²) in [5.74, 6) is 0.881. The topological polar surface area (TPSA) is 49.3 Å². The van der Waals surface area contributed by atoms with E-state index in [1.54, 1.807) is 18.1 Å². The maximum Gasteiger partial charge on any atom is 0.249 e. The van der Waals surface area contributed by atoms with E-state index < -0.39 is 0 Å². The Balaban J connectivity index is 2.10. The molecule has 1 aliphatic heterocycles. The zero-order valence-electron chi connectivity index (χ0n) is 11.1. The first-order valence-electron chi connectivity index (χ1n) is 6.68. The molecular weight excluding hydrogens is 264 g/mol. The SMILES string of the molecule is C[C@@H]1C(=O)N(C)c2cnc(Cl)nc2N1C1CCCC1. The normalized spacial score (nSPS) is 23.9. The van der Waals surface area contributed by atoms with Crippen molar-refractivity contribution in [1.82, 2.24) is 9.97 Å². The van der Waals surface area contributed by atoms with Crippen molar-refractivity contribution in [3.63, 3.8) is 0 Å². The van der Waals surface area contributed by atoms with Crippen molar-refractivity contribution in [2.75, 3.05) is 16.8 Å². The van der Waals surface area contributed by atoms with Crippen molar-refractivity contribution in [2.45, 2.75) is 44.7 Å². The van der Waals surface area contributed by atoms with Crippen LogP contribution in [0.1, 0.15) is 32.6 Å². The first-order chi connectivity index (χ1) is 9.09. The van der Waals surface area contributed by atoms with Gasteiger partial charge < -0.3 is 9.80 Å². The standard InChI is InChI=1S/C13H17ClN4O/c1-8-12(19)17(2)10-7-15-13(14)16-11(10)18(8)9-5-3-4-6-9/h7-9H,3-6H2,1-2H3/t8-/m1/s1. The monoisotopic (exact) mass is 280 g/mol. The average Bonchev–Trinajstić information content (AvgIpc) is 2.90. The second kappa shape index (κ2) is 4.63. The molecule has 0 aromatic carbocycles. The number of anilines is 2. The third-order valence-electron chi connectivity index (χ3n) is 4.15. The lowest BCUT2D eigenvalue weighted by molar-refractivity contribution is -0.119. The minimum Gasteiger partial charge on any atom is -0.340 e. The molecule has 3 rings (SSSR count). The third kappa shape index (κ3) is 1.96. The molecule has 19 heavy (non-hydrogen) atoms. The van der Waals surface area contributed by atoms with Crippen LogP contribution in [0.5, 0.6) is 0 Å². The smallest absolute Gasteiger partial charge is 0.249 e. The summed E-state index contributed by atoms with van der Waals surface area (Å²) >= 11 is 5.93. The molecule has 0 spiro atoms. The first-order valence-corrected chi connectivity index (χ1v) is 7.06. The average molecular weight is 281 g/mol. The predicted molar refractivity (Wildman–Crippen MR) is 74.6 cm³/mol. The van der Waals surface area contributed by atoms with E-state index in [0.717, 1.165) is 24.3 Å². The number of aromatic nitrogens is 2. The van der Waals surface area contributed by atoms with E-state index in [1.807, 2.05) is 6.92 Å². The van der Waals surface area contributed by atoms with Crippen LogP contribution in [0.3, 0.4) is 0 Å². The van der Waals surface area contributed by atoms with E-state index in [9.17, 15) is 4.79 Å². The van der Waals surface area contributed by atoms with Gasteiger partial charge in [-0.25, -0.2) is 4.98 Å². The number of halogens is 1. The second-order valence-electron chi connectivity index (χ2n) is 5.27. The highest BCUT2D eigenvalue weighted by atomic mass is 35.5. The van der Waals surface area contributed by atoms with Crippen molar-refractivity contribution >= 4 is 29.0 Å². The van der Waals surface area contributed by atoms with Crippen molar-refractivity contribution in [2.24, 2.45) is 0 Å². The van der Waals surface area contributed by atoms with Crippen LogP contribution < -0.4 is 9.80 Å². The number of fused-ring (bicyclic) bond motifs is 1. The summed E-state index contributed by atoms with van der Waals surface area (Å²) in [6, 6.07) is 0.198. The van der Waals surface area contributed by atoms with E-state index >= 15 is 0 Å². The van der Waals surface area contributed by atoms with Crippen molar-refractivity contribution in [1.29, 1.82) is 0 Å². The molecule has 2 aliphatic rings. The number of carbonyl (C=O) groups excluding carboxylic acids is 1. The maximum absolute atomic E-state index is 12.3. The fourth-order valence-corrected chi connectivity index (χ4v) is 3.27.